The molecular formula is C27H27NO3. The lowest BCUT2D eigenvalue weighted by molar-refractivity contribution is -0.118. The van der Waals surface area contributed by atoms with Gasteiger partial charge in [0.05, 0.1) is 5.57 Å². The first-order valence-electron chi connectivity index (χ1n) is 11.4. The van der Waals surface area contributed by atoms with Crippen molar-refractivity contribution in [3.05, 3.63) is 77.4 Å². The zero-order valence-electron chi connectivity index (χ0n) is 17.8. The minimum atomic E-state index is -0.0210. The largest absolute Gasteiger partial charge is 0.489 e. The standard InChI is InChI=1S/C27H27NO3/c1-27-9-7-17-13-21-24(30)11-16(15-29)12-25(21)31-26(17)23(27)6-5-22(27)20-4-2-3-18-14-28-10-8-19(18)20/h2-4,7-10,13-14,16,22-23,26,29H,5-6,11-12,15H2,1H3/t16?,22-,23+,26-,27-/m1/s1. The van der Waals surface area contributed by atoms with Crippen molar-refractivity contribution in [2.24, 2.45) is 17.3 Å². The van der Waals surface area contributed by atoms with Crippen LogP contribution in [-0.2, 0) is 9.53 Å². The summed E-state index contributed by atoms with van der Waals surface area (Å²) in [5, 5.41) is 12.1. The molecule has 1 saturated carbocycles. The normalized spacial score (nSPS) is 34.1. The Bertz CT molecular complexity index is 1170. The number of ether oxygens (including phenoxy) is 1. The maximum atomic E-state index is 12.6. The van der Waals surface area contributed by atoms with Crippen LogP contribution in [0.4, 0.5) is 0 Å². The molecule has 5 atom stereocenters. The number of fused-ring (bicyclic) bond motifs is 4. The molecule has 31 heavy (non-hydrogen) atoms. The van der Waals surface area contributed by atoms with E-state index >= 15 is 0 Å². The molecule has 2 heterocycles. The second-order valence-electron chi connectivity index (χ2n) is 9.78. The van der Waals surface area contributed by atoms with Crippen LogP contribution in [0, 0.1) is 17.3 Å². The van der Waals surface area contributed by atoms with Gasteiger partial charge in [0.1, 0.15) is 11.9 Å². The van der Waals surface area contributed by atoms with Crippen molar-refractivity contribution in [3.63, 3.8) is 0 Å². The highest BCUT2D eigenvalue weighted by Crippen LogP contribution is 2.60. The second kappa shape index (κ2) is 6.89. The number of aliphatic hydroxyl groups excluding tert-OH is 1. The van der Waals surface area contributed by atoms with Crippen LogP contribution in [0.25, 0.3) is 10.8 Å². The number of hydrogen-bond donors (Lipinski definition) is 1. The molecule has 4 aliphatic rings. The van der Waals surface area contributed by atoms with Crippen LogP contribution in [0.2, 0.25) is 0 Å². The summed E-state index contributed by atoms with van der Waals surface area (Å²) in [7, 11) is 0. The maximum Gasteiger partial charge on any atom is 0.166 e. The van der Waals surface area contributed by atoms with E-state index in [-0.39, 0.29) is 29.8 Å². The van der Waals surface area contributed by atoms with E-state index in [1.54, 1.807) is 0 Å². The van der Waals surface area contributed by atoms with Gasteiger partial charge in [0.2, 0.25) is 0 Å². The second-order valence-corrected chi connectivity index (χ2v) is 9.78. The highest BCUT2D eigenvalue weighted by atomic mass is 16.5. The Labute approximate surface area is 182 Å². The molecular weight excluding hydrogens is 386 g/mol. The number of aromatic nitrogens is 1. The lowest BCUT2D eigenvalue weighted by Gasteiger charge is -2.45. The molecule has 4 nitrogen and oxygen atoms in total. The Kier molecular flexibility index (Phi) is 4.23. The molecule has 4 heteroatoms. The van der Waals surface area contributed by atoms with Crippen molar-refractivity contribution >= 4 is 16.6 Å². The van der Waals surface area contributed by atoms with Crippen LogP contribution in [0.5, 0.6) is 0 Å². The molecule has 1 N–H and O–H groups in total. The summed E-state index contributed by atoms with van der Waals surface area (Å²) in [6.07, 6.45) is 13.7. The number of nitrogens with zero attached hydrogens (tertiary/aromatic N) is 1. The van der Waals surface area contributed by atoms with Gasteiger partial charge in [-0.3, -0.25) is 9.78 Å². The van der Waals surface area contributed by atoms with E-state index < -0.39 is 0 Å². The van der Waals surface area contributed by atoms with Crippen molar-refractivity contribution in [3.8, 4) is 0 Å². The number of benzene rings is 1. The summed E-state index contributed by atoms with van der Waals surface area (Å²) in [6, 6.07) is 8.68. The van der Waals surface area contributed by atoms with Gasteiger partial charge in [-0.1, -0.05) is 37.3 Å². The Morgan fingerprint density at radius 3 is 3.00 bits per heavy atom. The Hall–Kier alpha value is -2.72. The quantitative estimate of drug-likeness (QED) is 0.764. The van der Waals surface area contributed by atoms with Gasteiger partial charge in [0, 0.05) is 43.1 Å². The number of rotatable bonds is 2. The Morgan fingerprint density at radius 1 is 1.23 bits per heavy atom. The summed E-state index contributed by atoms with van der Waals surface area (Å²) in [5.41, 5.74) is 3.23. The zero-order valence-corrected chi connectivity index (χ0v) is 17.8. The molecule has 0 bridgehead atoms. The van der Waals surface area contributed by atoms with Gasteiger partial charge in [0.15, 0.2) is 5.78 Å². The molecule has 0 amide bonds. The highest BCUT2D eigenvalue weighted by Gasteiger charge is 2.53. The van der Waals surface area contributed by atoms with E-state index in [4.69, 9.17) is 4.74 Å². The lowest BCUT2D eigenvalue weighted by Crippen LogP contribution is -2.41. The van der Waals surface area contributed by atoms with Crippen LogP contribution in [-0.4, -0.2) is 28.6 Å². The fourth-order valence-corrected chi connectivity index (χ4v) is 6.46. The molecule has 1 aromatic heterocycles. The number of Topliss-reactive ketones (excluding diaryl/α,β-unsaturated/α-hetero) is 1. The molecule has 1 fully saturated rings. The number of carbonyl (C=O) groups is 1. The van der Waals surface area contributed by atoms with Gasteiger partial charge < -0.3 is 9.84 Å². The summed E-state index contributed by atoms with van der Waals surface area (Å²) in [4.78, 5) is 16.9. The van der Waals surface area contributed by atoms with Crippen molar-refractivity contribution in [1.82, 2.24) is 4.98 Å². The zero-order chi connectivity index (χ0) is 21.2. The summed E-state index contributed by atoms with van der Waals surface area (Å²) in [6.45, 7) is 2.41. The summed E-state index contributed by atoms with van der Waals surface area (Å²) >= 11 is 0. The minimum Gasteiger partial charge on any atom is -0.489 e. The van der Waals surface area contributed by atoms with E-state index in [0.29, 0.717) is 24.7 Å². The topological polar surface area (TPSA) is 59.4 Å². The van der Waals surface area contributed by atoms with Crippen molar-refractivity contribution in [2.75, 3.05) is 6.61 Å². The number of carbonyl (C=O) groups excluding carboxylic acids is 1. The van der Waals surface area contributed by atoms with Gasteiger partial charge in [-0.2, -0.15) is 0 Å². The molecule has 0 spiro atoms. The molecule has 1 unspecified atom stereocenters. The third-order valence-corrected chi connectivity index (χ3v) is 8.12. The Balaban J connectivity index is 1.39. The van der Waals surface area contributed by atoms with Gasteiger partial charge in [0.25, 0.3) is 0 Å². The minimum absolute atomic E-state index is 0.00726. The molecule has 158 valence electrons. The van der Waals surface area contributed by atoms with E-state index in [2.05, 4.69) is 54.4 Å². The van der Waals surface area contributed by atoms with E-state index in [9.17, 15) is 9.90 Å². The number of allylic oxidation sites excluding steroid dienone is 4. The van der Waals surface area contributed by atoms with Crippen LogP contribution >= 0.6 is 0 Å². The predicted molar refractivity (Wildman–Crippen MR) is 119 cm³/mol. The number of aliphatic hydroxyl groups is 1. The van der Waals surface area contributed by atoms with E-state index in [1.165, 1.54) is 16.3 Å². The molecule has 2 aromatic rings. The molecule has 1 aliphatic heterocycles. The monoisotopic (exact) mass is 413 g/mol. The van der Waals surface area contributed by atoms with Crippen LogP contribution in [0.15, 0.2) is 71.8 Å². The summed E-state index contributed by atoms with van der Waals surface area (Å²) < 4.78 is 6.57. The SMILES string of the molecule is C[C@]12C=CC3=CC4=C(CC(CO)CC4=O)O[C@H]3[C@@H]1CC[C@@H]2c1cccc2cnccc12. The smallest absolute Gasteiger partial charge is 0.166 e. The lowest BCUT2D eigenvalue weighted by atomic mass is 9.64. The third-order valence-electron chi connectivity index (χ3n) is 8.12. The first kappa shape index (κ1) is 19.0. The fraction of sp³-hybridized carbons (Fsp3) is 0.407. The predicted octanol–water partition coefficient (Wildman–Crippen LogP) is 4.86. The highest BCUT2D eigenvalue weighted by molar-refractivity contribution is 6.00. The van der Waals surface area contributed by atoms with Crippen molar-refractivity contribution in [2.45, 2.75) is 44.6 Å². The van der Waals surface area contributed by atoms with Crippen LogP contribution in [0.1, 0.15) is 44.1 Å². The van der Waals surface area contributed by atoms with Crippen molar-refractivity contribution < 1.29 is 14.6 Å². The molecule has 0 saturated heterocycles. The van der Waals surface area contributed by atoms with Gasteiger partial charge in [-0.15, -0.1) is 0 Å². The van der Waals surface area contributed by atoms with Gasteiger partial charge in [-0.25, -0.2) is 0 Å². The number of ketones is 1. The van der Waals surface area contributed by atoms with Gasteiger partial charge in [-0.05, 0) is 58.8 Å². The van der Waals surface area contributed by atoms with Gasteiger partial charge >= 0.3 is 0 Å². The first-order valence-corrected chi connectivity index (χ1v) is 11.4. The average molecular weight is 414 g/mol. The fourth-order valence-electron chi connectivity index (χ4n) is 6.46. The van der Waals surface area contributed by atoms with Crippen molar-refractivity contribution in [1.29, 1.82) is 0 Å². The Morgan fingerprint density at radius 2 is 2.13 bits per heavy atom. The average Bonchev–Trinajstić information content (AvgIpc) is 3.15. The van der Waals surface area contributed by atoms with Crippen LogP contribution in [0.3, 0.4) is 0 Å². The van der Waals surface area contributed by atoms with E-state index in [0.717, 1.165) is 29.7 Å². The van der Waals surface area contributed by atoms with E-state index in [1.807, 2.05) is 12.4 Å². The third kappa shape index (κ3) is 2.77. The molecule has 0 radical (unpaired) electrons. The molecule has 6 rings (SSSR count). The first-order chi connectivity index (χ1) is 15.1. The number of hydrogen-bond acceptors (Lipinski definition) is 4. The summed E-state index contributed by atoms with van der Waals surface area (Å²) in [5.74, 6) is 1.65. The number of pyridine rings is 1. The molecule has 3 aliphatic carbocycles. The van der Waals surface area contributed by atoms with Crippen LogP contribution < -0.4 is 0 Å². The maximum absolute atomic E-state index is 12.6. The molecule has 1 aromatic carbocycles.